The van der Waals surface area contributed by atoms with E-state index >= 15 is 0 Å². The number of alkyl halides is 1. The van der Waals surface area contributed by atoms with Crippen LogP contribution >= 0.6 is 11.6 Å². The summed E-state index contributed by atoms with van der Waals surface area (Å²) in [6.07, 6.45) is -0.680. The van der Waals surface area contributed by atoms with E-state index in [2.05, 4.69) is 0 Å². The quantitative estimate of drug-likeness (QED) is 0.516. The van der Waals surface area contributed by atoms with Crippen molar-refractivity contribution < 1.29 is 19.0 Å². The molecule has 0 rings (SSSR count). The molecule has 0 saturated carbocycles. The Hall–Kier alpha value is -0.480. The van der Waals surface area contributed by atoms with Gasteiger partial charge in [0.25, 0.3) is 0 Å². The van der Waals surface area contributed by atoms with Crippen molar-refractivity contribution in [2.75, 3.05) is 19.1 Å². The lowest BCUT2D eigenvalue weighted by atomic mass is 10.2. The number of hydrogen-bond donors (Lipinski definition) is 0. The number of rotatable bonds is 7. The van der Waals surface area contributed by atoms with E-state index in [4.69, 9.17) is 25.8 Å². The first-order valence-corrected chi connectivity index (χ1v) is 6.00. The van der Waals surface area contributed by atoms with Crippen LogP contribution < -0.4 is 0 Å². The third-order valence-corrected chi connectivity index (χ3v) is 2.22. The van der Waals surface area contributed by atoms with Gasteiger partial charge < -0.3 is 14.2 Å². The number of carbonyl (C=O) groups excluding carboxylic acids is 1. The van der Waals surface area contributed by atoms with Gasteiger partial charge in [0.05, 0.1) is 18.8 Å². The van der Waals surface area contributed by atoms with Crippen LogP contribution in [0.4, 0.5) is 4.79 Å². The van der Waals surface area contributed by atoms with Gasteiger partial charge in [-0.3, -0.25) is 0 Å². The van der Waals surface area contributed by atoms with Gasteiger partial charge in [-0.2, -0.15) is 0 Å². The number of ether oxygens (including phenoxy) is 3. The molecule has 0 bridgehead atoms. The first kappa shape index (κ1) is 15.5. The maximum absolute atomic E-state index is 11.1. The van der Waals surface area contributed by atoms with E-state index < -0.39 is 6.16 Å². The van der Waals surface area contributed by atoms with Crippen molar-refractivity contribution in [3.63, 3.8) is 0 Å². The van der Waals surface area contributed by atoms with Gasteiger partial charge in [-0.15, -0.1) is 11.6 Å². The highest BCUT2D eigenvalue weighted by molar-refractivity contribution is 6.18. The van der Waals surface area contributed by atoms with Crippen molar-refractivity contribution >= 4 is 17.8 Å². The van der Waals surface area contributed by atoms with E-state index in [0.29, 0.717) is 5.88 Å². The first-order valence-electron chi connectivity index (χ1n) is 5.46. The minimum Gasteiger partial charge on any atom is -0.434 e. The predicted octanol–water partition coefficient (Wildman–Crippen LogP) is 2.83. The Morgan fingerprint density at radius 3 is 2.19 bits per heavy atom. The molecule has 0 heterocycles. The molecule has 0 N–H and O–H groups in total. The van der Waals surface area contributed by atoms with E-state index in [1.54, 1.807) is 0 Å². The molecule has 5 heteroatoms. The van der Waals surface area contributed by atoms with E-state index in [9.17, 15) is 4.79 Å². The fourth-order valence-electron chi connectivity index (χ4n) is 0.986. The highest BCUT2D eigenvalue weighted by atomic mass is 35.5. The van der Waals surface area contributed by atoms with Gasteiger partial charge in [0.2, 0.25) is 0 Å². The number of carbonyl (C=O) groups is 1. The summed E-state index contributed by atoms with van der Waals surface area (Å²) in [7, 11) is 0. The molecule has 0 aliphatic rings. The smallest absolute Gasteiger partial charge is 0.434 e. The average molecular weight is 253 g/mol. The van der Waals surface area contributed by atoms with Crippen molar-refractivity contribution in [1.82, 2.24) is 0 Å². The molecular weight excluding hydrogens is 232 g/mol. The van der Waals surface area contributed by atoms with E-state index in [0.717, 1.165) is 0 Å². The highest BCUT2D eigenvalue weighted by Gasteiger charge is 2.11. The second-order valence-electron chi connectivity index (χ2n) is 4.13. The SMILES string of the molecule is CC(CCl)COC(=O)OCC(C)OC(C)C. The minimum atomic E-state index is -0.670. The van der Waals surface area contributed by atoms with E-state index in [1.165, 1.54) is 0 Å². The Balaban J connectivity index is 3.57. The van der Waals surface area contributed by atoms with Gasteiger partial charge in [0.1, 0.15) is 6.61 Å². The zero-order chi connectivity index (χ0) is 12.6. The van der Waals surface area contributed by atoms with Crippen molar-refractivity contribution in [2.24, 2.45) is 5.92 Å². The molecule has 0 radical (unpaired) electrons. The summed E-state index contributed by atoms with van der Waals surface area (Å²) in [5, 5.41) is 0. The Kier molecular flexibility index (Phi) is 8.39. The Morgan fingerprint density at radius 2 is 1.69 bits per heavy atom. The van der Waals surface area contributed by atoms with Gasteiger partial charge in [0.15, 0.2) is 0 Å². The summed E-state index contributed by atoms with van der Waals surface area (Å²) in [5.41, 5.74) is 0. The van der Waals surface area contributed by atoms with Gasteiger partial charge >= 0.3 is 6.16 Å². The minimum absolute atomic E-state index is 0.117. The standard InChI is InChI=1S/C11H21ClO4/c1-8(2)16-10(4)7-15-11(13)14-6-9(3)5-12/h8-10H,5-7H2,1-4H3. The third kappa shape index (κ3) is 8.80. The fourth-order valence-corrected chi connectivity index (χ4v) is 1.07. The van der Waals surface area contributed by atoms with Gasteiger partial charge in [0, 0.05) is 11.8 Å². The lowest BCUT2D eigenvalue weighted by molar-refractivity contribution is -0.0337. The largest absolute Gasteiger partial charge is 0.508 e. The molecule has 0 aliphatic heterocycles. The van der Waals surface area contributed by atoms with Crippen LogP contribution in [-0.2, 0) is 14.2 Å². The summed E-state index contributed by atoms with van der Waals surface area (Å²) < 4.78 is 15.1. The molecule has 96 valence electrons. The fraction of sp³-hybridized carbons (Fsp3) is 0.909. The predicted molar refractivity (Wildman–Crippen MR) is 62.9 cm³/mol. The van der Waals surface area contributed by atoms with Crippen molar-refractivity contribution in [1.29, 1.82) is 0 Å². The molecule has 0 aromatic rings. The molecule has 0 aliphatic carbocycles. The lowest BCUT2D eigenvalue weighted by Crippen LogP contribution is -2.23. The second-order valence-corrected chi connectivity index (χ2v) is 4.44. The lowest BCUT2D eigenvalue weighted by Gasteiger charge is -2.16. The monoisotopic (exact) mass is 252 g/mol. The normalized spacial score (nSPS) is 14.6. The average Bonchev–Trinajstić information content (AvgIpc) is 2.22. The maximum atomic E-state index is 11.1. The molecule has 2 unspecified atom stereocenters. The van der Waals surface area contributed by atoms with Crippen LogP contribution in [0.1, 0.15) is 27.7 Å². The summed E-state index contributed by atoms with van der Waals surface area (Å²) >= 11 is 5.57. The Labute approximate surface area is 102 Å². The highest BCUT2D eigenvalue weighted by Crippen LogP contribution is 2.02. The molecule has 0 amide bonds. The second kappa shape index (κ2) is 8.65. The summed E-state index contributed by atoms with van der Waals surface area (Å²) in [5.74, 6) is 0.596. The maximum Gasteiger partial charge on any atom is 0.508 e. The molecular formula is C11H21ClO4. The van der Waals surface area contributed by atoms with Crippen LogP contribution in [0.25, 0.3) is 0 Å². The van der Waals surface area contributed by atoms with Crippen LogP contribution in [0.5, 0.6) is 0 Å². The summed E-state index contributed by atoms with van der Waals surface area (Å²) in [6.45, 7) is 8.07. The molecule has 16 heavy (non-hydrogen) atoms. The third-order valence-electron chi connectivity index (χ3n) is 1.69. The van der Waals surface area contributed by atoms with Gasteiger partial charge in [-0.1, -0.05) is 6.92 Å². The molecule has 0 saturated heterocycles. The van der Waals surface area contributed by atoms with Crippen LogP contribution in [0.15, 0.2) is 0 Å². The topological polar surface area (TPSA) is 44.8 Å². The summed E-state index contributed by atoms with van der Waals surface area (Å²) in [6, 6.07) is 0. The van der Waals surface area contributed by atoms with Crippen molar-refractivity contribution in [2.45, 2.75) is 39.9 Å². The van der Waals surface area contributed by atoms with Crippen LogP contribution in [0.3, 0.4) is 0 Å². The molecule has 2 atom stereocenters. The van der Waals surface area contributed by atoms with Crippen molar-refractivity contribution in [3.05, 3.63) is 0 Å². The van der Waals surface area contributed by atoms with Crippen LogP contribution in [-0.4, -0.2) is 37.5 Å². The zero-order valence-corrected chi connectivity index (χ0v) is 11.1. The molecule has 4 nitrogen and oxygen atoms in total. The zero-order valence-electron chi connectivity index (χ0n) is 10.4. The van der Waals surface area contributed by atoms with Crippen LogP contribution in [0, 0.1) is 5.92 Å². The van der Waals surface area contributed by atoms with Crippen molar-refractivity contribution in [3.8, 4) is 0 Å². The Morgan fingerprint density at radius 1 is 1.12 bits per heavy atom. The number of halogens is 1. The van der Waals surface area contributed by atoms with Gasteiger partial charge in [-0.25, -0.2) is 4.79 Å². The summed E-state index contributed by atoms with van der Waals surface area (Å²) in [4.78, 5) is 11.1. The Bertz CT molecular complexity index is 196. The first-order chi connectivity index (χ1) is 7.45. The molecule has 0 spiro atoms. The van der Waals surface area contributed by atoms with Crippen LogP contribution in [0.2, 0.25) is 0 Å². The molecule has 0 aromatic carbocycles. The van der Waals surface area contributed by atoms with Gasteiger partial charge in [-0.05, 0) is 20.8 Å². The van der Waals surface area contributed by atoms with E-state index in [-0.39, 0.29) is 31.3 Å². The number of hydrogen-bond acceptors (Lipinski definition) is 4. The molecule has 0 fully saturated rings. The molecule has 0 aromatic heterocycles. The van der Waals surface area contributed by atoms with E-state index in [1.807, 2.05) is 27.7 Å².